The van der Waals surface area contributed by atoms with Crippen molar-refractivity contribution in [2.75, 3.05) is 17.7 Å². The third kappa shape index (κ3) is 3.79. The highest BCUT2D eigenvalue weighted by Crippen LogP contribution is 2.44. The van der Waals surface area contributed by atoms with Gasteiger partial charge >= 0.3 is 0 Å². The van der Waals surface area contributed by atoms with Crippen molar-refractivity contribution >= 4 is 28.8 Å². The monoisotopic (exact) mass is 430 g/mol. The first-order valence-electron chi connectivity index (χ1n) is 10.4. The highest BCUT2D eigenvalue weighted by molar-refractivity contribution is 6.30. The second-order valence-corrected chi connectivity index (χ2v) is 8.43. The molecule has 5 heteroatoms. The van der Waals surface area contributed by atoms with E-state index in [1.54, 1.807) is 7.11 Å². The third-order valence-electron chi connectivity index (χ3n) is 6.08. The molecule has 1 heterocycles. The minimum atomic E-state index is -0.234. The van der Waals surface area contributed by atoms with Crippen LogP contribution < -0.4 is 15.4 Å². The number of carbonyl (C=O) groups excluding carboxylic acids is 1. The highest BCUT2D eigenvalue weighted by Gasteiger charge is 2.36. The summed E-state index contributed by atoms with van der Waals surface area (Å²) in [5.74, 6) is 1.07. The van der Waals surface area contributed by atoms with Crippen molar-refractivity contribution in [1.29, 1.82) is 0 Å². The van der Waals surface area contributed by atoms with E-state index >= 15 is 0 Å². The highest BCUT2D eigenvalue weighted by atomic mass is 35.5. The summed E-state index contributed by atoms with van der Waals surface area (Å²) in [4.78, 5) is 13.5. The summed E-state index contributed by atoms with van der Waals surface area (Å²) in [5, 5.41) is 7.84. The van der Waals surface area contributed by atoms with Crippen molar-refractivity contribution in [2.24, 2.45) is 0 Å². The Balaban J connectivity index is 1.59. The second-order valence-electron chi connectivity index (χ2n) is 8.00. The predicted octanol–water partition coefficient (Wildman–Crippen LogP) is 6.33. The van der Waals surface area contributed by atoms with Crippen molar-refractivity contribution in [3.8, 4) is 5.75 Å². The molecule has 2 N–H and O–H groups in total. The molecule has 1 aliphatic heterocycles. The summed E-state index contributed by atoms with van der Waals surface area (Å²) in [7, 11) is 1.66. The van der Waals surface area contributed by atoms with E-state index in [9.17, 15) is 4.79 Å². The molecule has 31 heavy (non-hydrogen) atoms. The Morgan fingerprint density at radius 1 is 0.903 bits per heavy atom. The van der Waals surface area contributed by atoms with Crippen LogP contribution in [0.15, 0.2) is 84.1 Å². The molecule has 2 atom stereocenters. The molecule has 0 amide bonds. The molecule has 3 aromatic carbocycles. The Morgan fingerprint density at radius 3 is 2.45 bits per heavy atom. The van der Waals surface area contributed by atoms with Crippen LogP contribution >= 0.6 is 11.6 Å². The van der Waals surface area contributed by atoms with E-state index in [0.717, 1.165) is 45.9 Å². The number of allylic oxidation sites excluding steroid dienone is 1. The third-order valence-corrected chi connectivity index (χ3v) is 6.33. The summed E-state index contributed by atoms with van der Waals surface area (Å²) in [6.45, 7) is 0. The van der Waals surface area contributed by atoms with Crippen molar-refractivity contribution in [1.82, 2.24) is 0 Å². The van der Waals surface area contributed by atoms with Gasteiger partial charge in [0, 0.05) is 22.7 Å². The summed E-state index contributed by atoms with van der Waals surface area (Å²) < 4.78 is 5.40. The zero-order valence-corrected chi connectivity index (χ0v) is 17.9. The number of fused-ring (bicyclic) bond motifs is 1. The van der Waals surface area contributed by atoms with Crippen LogP contribution in [-0.2, 0) is 4.79 Å². The molecule has 0 spiro atoms. The van der Waals surface area contributed by atoms with E-state index in [2.05, 4.69) is 16.7 Å². The van der Waals surface area contributed by atoms with Crippen molar-refractivity contribution in [2.45, 2.75) is 24.8 Å². The predicted molar refractivity (Wildman–Crippen MR) is 125 cm³/mol. The van der Waals surface area contributed by atoms with Crippen LogP contribution in [0.25, 0.3) is 0 Å². The average molecular weight is 431 g/mol. The number of rotatable bonds is 3. The standard InChI is InChI=1S/C26H23ClN2O2/c1-31-20-6-4-5-17(13-20)18-14-23-25(24(30)15-18)26(16-9-11-19(27)12-10-16)29-22-8-3-2-7-21(22)28-23/h2-13,18,26,28-29H,14-15H2,1H3/t18-,26-/m1/s1. The number of Topliss-reactive ketones (excluding diaryl/α,β-unsaturated/α-hetero) is 1. The fourth-order valence-corrected chi connectivity index (χ4v) is 4.65. The summed E-state index contributed by atoms with van der Waals surface area (Å²) >= 11 is 6.12. The van der Waals surface area contributed by atoms with Gasteiger partial charge in [-0.1, -0.05) is 48.0 Å². The van der Waals surface area contributed by atoms with Gasteiger partial charge in [0.15, 0.2) is 5.78 Å². The summed E-state index contributed by atoms with van der Waals surface area (Å²) in [6.07, 6.45) is 1.23. The van der Waals surface area contributed by atoms with Gasteiger partial charge in [-0.2, -0.15) is 0 Å². The molecule has 4 nitrogen and oxygen atoms in total. The molecule has 2 aliphatic rings. The topological polar surface area (TPSA) is 50.4 Å². The first-order chi connectivity index (χ1) is 15.1. The first-order valence-corrected chi connectivity index (χ1v) is 10.8. The maximum absolute atomic E-state index is 13.5. The lowest BCUT2D eigenvalue weighted by Gasteiger charge is -2.30. The molecule has 0 saturated carbocycles. The number of carbonyl (C=O) groups is 1. The molecular formula is C26H23ClN2O2. The summed E-state index contributed by atoms with van der Waals surface area (Å²) in [6, 6.07) is 23.6. The van der Waals surface area contributed by atoms with Crippen LogP contribution in [0.5, 0.6) is 5.75 Å². The van der Waals surface area contributed by atoms with Crippen LogP contribution in [0.4, 0.5) is 11.4 Å². The number of para-hydroxylation sites is 2. The lowest BCUT2D eigenvalue weighted by molar-refractivity contribution is -0.116. The quantitative estimate of drug-likeness (QED) is 0.509. The average Bonchev–Trinajstić information content (AvgIpc) is 2.96. The second kappa shape index (κ2) is 8.12. The van der Waals surface area contributed by atoms with Crippen LogP contribution in [0.1, 0.15) is 35.9 Å². The fraction of sp³-hybridized carbons (Fsp3) is 0.192. The fourth-order valence-electron chi connectivity index (χ4n) is 4.53. The van der Waals surface area contributed by atoms with Gasteiger partial charge in [-0.05, 0) is 59.9 Å². The molecule has 0 radical (unpaired) electrons. The lowest BCUT2D eigenvalue weighted by atomic mass is 9.78. The number of benzene rings is 3. The number of hydrogen-bond acceptors (Lipinski definition) is 4. The molecule has 5 rings (SSSR count). The normalized spacial score (nSPS) is 20.1. The van der Waals surface area contributed by atoms with Crippen molar-refractivity contribution in [3.63, 3.8) is 0 Å². The van der Waals surface area contributed by atoms with E-state index in [0.29, 0.717) is 11.4 Å². The Labute approximate surface area is 186 Å². The Bertz CT molecular complexity index is 1170. The van der Waals surface area contributed by atoms with Gasteiger partial charge in [0.25, 0.3) is 0 Å². The molecule has 0 bridgehead atoms. The molecule has 0 fully saturated rings. The van der Waals surface area contributed by atoms with E-state index < -0.39 is 0 Å². The van der Waals surface area contributed by atoms with Crippen LogP contribution in [0.2, 0.25) is 5.02 Å². The van der Waals surface area contributed by atoms with E-state index in [4.69, 9.17) is 16.3 Å². The van der Waals surface area contributed by atoms with Crippen LogP contribution in [-0.4, -0.2) is 12.9 Å². The van der Waals surface area contributed by atoms with Gasteiger partial charge in [-0.15, -0.1) is 0 Å². The number of ketones is 1. The minimum absolute atomic E-state index is 0.102. The zero-order valence-electron chi connectivity index (χ0n) is 17.2. The molecule has 156 valence electrons. The Morgan fingerprint density at radius 2 is 1.68 bits per heavy atom. The Kier molecular flexibility index (Phi) is 5.16. The summed E-state index contributed by atoms with van der Waals surface area (Å²) in [5.41, 5.74) is 5.87. The number of nitrogens with one attached hydrogen (secondary N) is 2. The maximum Gasteiger partial charge on any atom is 0.163 e. The largest absolute Gasteiger partial charge is 0.497 e. The molecule has 0 aromatic heterocycles. The minimum Gasteiger partial charge on any atom is -0.497 e. The van der Waals surface area contributed by atoms with Gasteiger partial charge < -0.3 is 15.4 Å². The molecular weight excluding hydrogens is 408 g/mol. The van der Waals surface area contributed by atoms with Gasteiger partial charge in [0.05, 0.1) is 24.5 Å². The van der Waals surface area contributed by atoms with Crippen molar-refractivity contribution < 1.29 is 9.53 Å². The molecule has 0 unspecified atom stereocenters. The van der Waals surface area contributed by atoms with Gasteiger partial charge in [-0.3, -0.25) is 4.79 Å². The number of halogens is 1. The van der Waals surface area contributed by atoms with Crippen LogP contribution in [0, 0.1) is 0 Å². The smallest absolute Gasteiger partial charge is 0.163 e. The van der Waals surface area contributed by atoms with Gasteiger partial charge in [0.1, 0.15) is 5.75 Å². The van der Waals surface area contributed by atoms with Gasteiger partial charge in [0.2, 0.25) is 0 Å². The lowest BCUT2D eigenvalue weighted by Crippen LogP contribution is -2.26. The van der Waals surface area contributed by atoms with Crippen molar-refractivity contribution in [3.05, 3.63) is 100 Å². The number of ether oxygens (including phenoxy) is 1. The first kappa shape index (κ1) is 19.7. The number of methoxy groups -OCH3 is 1. The van der Waals surface area contributed by atoms with E-state index in [1.807, 2.05) is 66.7 Å². The van der Waals surface area contributed by atoms with E-state index in [-0.39, 0.29) is 17.7 Å². The van der Waals surface area contributed by atoms with E-state index in [1.165, 1.54) is 0 Å². The SMILES string of the molecule is COc1cccc([C@H]2CC(=O)C3=C(C2)Nc2ccccc2N[C@@H]3c2ccc(Cl)cc2)c1. The Hall–Kier alpha value is -3.24. The number of anilines is 2. The number of hydrogen-bond donors (Lipinski definition) is 2. The zero-order chi connectivity index (χ0) is 21.4. The molecule has 0 saturated heterocycles. The maximum atomic E-state index is 13.5. The van der Waals surface area contributed by atoms with Gasteiger partial charge in [-0.25, -0.2) is 0 Å². The molecule has 1 aliphatic carbocycles. The van der Waals surface area contributed by atoms with Crippen LogP contribution in [0.3, 0.4) is 0 Å². The molecule has 3 aromatic rings.